The Bertz CT molecular complexity index is 587. The third kappa shape index (κ3) is 3.64. The van der Waals surface area contributed by atoms with E-state index >= 15 is 0 Å². The van der Waals surface area contributed by atoms with Crippen molar-refractivity contribution in [3.63, 3.8) is 0 Å². The first kappa shape index (κ1) is 14.1. The Morgan fingerprint density at radius 1 is 1.29 bits per heavy atom. The Balaban J connectivity index is 1.56. The summed E-state index contributed by atoms with van der Waals surface area (Å²) in [6.45, 7) is 8.07. The molecule has 0 spiro atoms. The predicted molar refractivity (Wildman–Crippen MR) is 83.4 cm³/mol. The quantitative estimate of drug-likeness (QED) is 0.939. The Morgan fingerprint density at radius 3 is 2.86 bits per heavy atom. The van der Waals surface area contributed by atoms with Crippen LogP contribution in [0.25, 0.3) is 0 Å². The number of nitrogens with one attached hydrogen (secondary N) is 1. The molecule has 0 radical (unpaired) electrons. The van der Waals surface area contributed by atoms with Crippen molar-refractivity contribution in [3.8, 4) is 5.75 Å². The van der Waals surface area contributed by atoms with Gasteiger partial charge in [0.05, 0.1) is 12.2 Å². The molecule has 1 unspecified atom stereocenters. The summed E-state index contributed by atoms with van der Waals surface area (Å²) >= 11 is 0. The number of rotatable bonds is 4. The molecule has 112 valence electrons. The highest BCUT2D eigenvalue weighted by Crippen LogP contribution is 2.28. The van der Waals surface area contributed by atoms with Crippen LogP contribution >= 0.6 is 0 Å². The number of fused-ring (bicyclic) bond motifs is 1. The Morgan fingerprint density at radius 2 is 2.10 bits per heavy atom. The zero-order valence-corrected chi connectivity index (χ0v) is 13.0. The summed E-state index contributed by atoms with van der Waals surface area (Å²) in [5.74, 6) is 1.02. The van der Waals surface area contributed by atoms with Crippen LogP contribution in [0.4, 0.5) is 0 Å². The first-order valence-electron chi connectivity index (χ1n) is 7.51. The standard InChI is InChI=1S/C17H23N3O/c1-17(2,3)18-11-14-8-9-20(19-14)12-15-10-13-6-4-5-7-16(13)21-15/h4-9,15,18H,10-12H2,1-3H3. The number of ether oxygens (including phenoxy) is 1. The number of benzene rings is 1. The lowest BCUT2D eigenvalue weighted by molar-refractivity contribution is 0.203. The number of aromatic nitrogens is 2. The fraction of sp³-hybridized carbons (Fsp3) is 0.471. The minimum absolute atomic E-state index is 0.111. The van der Waals surface area contributed by atoms with E-state index < -0.39 is 0 Å². The van der Waals surface area contributed by atoms with Crippen LogP contribution in [-0.2, 0) is 19.5 Å². The van der Waals surface area contributed by atoms with E-state index in [4.69, 9.17) is 4.74 Å². The molecular weight excluding hydrogens is 262 g/mol. The van der Waals surface area contributed by atoms with Crippen molar-refractivity contribution in [3.05, 3.63) is 47.8 Å². The van der Waals surface area contributed by atoms with Crippen LogP contribution in [0.3, 0.4) is 0 Å². The van der Waals surface area contributed by atoms with Crippen LogP contribution < -0.4 is 10.1 Å². The molecule has 1 aliphatic heterocycles. The van der Waals surface area contributed by atoms with Gasteiger partial charge in [-0.05, 0) is 38.5 Å². The average Bonchev–Trinajstić information content (AvgIpc) is 3.01. The highest BCUT2D eigenvalue weighted by Gasteiger charge is 2.22. The van der Waals surface area contributed by atoms with Crippen LogP contribution in [-0.4, -0.2) is 21.4 Å². The SMILES string of the molecule is CC(C)(C)NCc1ccn(CC2Cc3ccccc3O2)n1. The third-order valence-electron chi connectivity index (χ3n) is 3.60. The van der Waals surface area contributed by atoms with E-state index in [2.05, 4.69) is 49.4 Å². The van der Waals surface area contributed by atoms with E-state index in [9.17, 15) is 0 Å². The molecule has 21 heavy (non-hydrogen) atoms. The topological polar surface area (TPSA) is 39.1 Å². The number of nitrogens with zero attached hydrogens (tertiary/aromatic N) is 2. The molecule has 4 nitrogen and oxygen atoms in total. The number of hydrogen-bond donors (Lipinski definition) is 1. The lowest BCUT2D eigenvalue weighted by atomic mass is 10.1. The maximum atomic E-state index is 5.96. The summed E-state index contributed by atoms with van der Waals surface area (Å²) in [5, 5.41) is 8.07. The maximum Gasteiger partial charge on any atom is 0.123 e. The minimum atomic E-state index is 0.111. The zero-order chi connectivity index (χ0) is 14.9. The van der Waals surface area contributed by atoms with Gasteiger partial charge in [-0.1, -0.05) is 18.2 Å². The molecule has 3 rings (SSSR count). The fourth-order valence-corrected chi connectivity index (χ4v) is 2.52. The zero-order valence-electron chi connectivity index (χ0n) is 13.0. The smallest absolute Gasteiger partial charge is 0.123 e. The molecule has 2 aromatic rings. The van der Waals surface area contributed by atoms with Crippen molar-refractivity contribution in [1.82, 2.24) is 15.1 Å². The molecule has 1 aliphatic rings. The van der Waals surface area contributed by atoms with E-state index in [1.165, 1.54) is 5.56 Å². The van der Waals surface area contributed by atoms with E-state index in [-0.39, 0.29) is 11.6 Å². The van der Waals surface area contributed by atoms with Crippen LogP contribution in [0.15, 0.2) is 36.5 Å². The van der Waals surface area contributed by atoms with Gasteiger partial charge >= 0.3 is 0 Å². The average molecular weight is 285 g/mol. The molecule has 1 aromatic heterocycles. The van der Waals surface area contributed by atoms with Gasteiger partial charge in [0.2, 0.25) is 0 Å². The summed E-state index contributed by atoms with van der Waals surface area (Å²) in [4.78, 5) is 0. The normalized spacial score (nSPS) is 17.6. The highest BCUT2D eigenvalue weighted by molar-refractivity contribution is 5.37. The number of hydrogen-bond acceptors (Lipinski definition) is 3. The lowest BCUT2D eigenvalue weighted by Crippen LogP contribution is -2.35. The molecule has 0 bridgehead atoms. The molecule has 1 N–H and O–H groups in total. The second-order valence-electron chi connectivity index (χ2n) is 6.68. The minimum Gasteiger partial charge on any atom is -0.488 e. The van der Waals surface area contributed by atoms with Crippen LogP contribution in [0.5, 0.6) is 5.75 Å². The van der Waals surface area contributed by atoms with Crippen LogP contribution in [0.1, 0.15) is 32.0 Å². The molecule has 1 atom stereocenters. The maximum absolute atomic E-state index is 5.96. The summed E-state index contributed by atoms with van der Waals surface area (Å²) in [6, 6.07) is 10.3. The van der Waals surface area contributed by atoms with E-state index in [1.807, 2.05) is 23.0 Å². The van der Waals surface area contributed by atoms with E-state index in [0.29, 0.717) is 0 Å². The summed E-state index contributed by atoms with van der Waals surface area (Å²) in [7, 11) is 0. The molecule has 1 aromatic carbocycles. The first-order valence-corrected chi connectivity index (χ1v) is 7.51. The van der Waals surface area contributed by atoms with Gasteiger partial charge in [0.15, 0.2) is 0 Å². The Kier molecular flexibility index (Phi) is 3.72. The predicted octanol–water partition coefficient (Wildman–Crippen LogP) is 2.77. The van der Waals surface area contributed by atoms with Gasteiger partial charge in [0.25, 0.3) is 0 Å². The number of para-hydroxylation sites is 1. The van der Waals surface area contributed by atoms with Gasteiger partial charge < -0.3 is 10.1 Å². The van der Waals surface area contributed by atoms with Crippen molar-refractivity contribution >= 4 is 0 Å². The van der Waals surface area contributed by atoms with Gasteiger partial charge in [-0.2, -0.15) is 5.10 Å². The van der Waals surface area contributed by atoms with Crippen molar-refractivity contribution in [2.24, 2.45) is 0 Å². The molecule has 0 amide bonds. The molecule has 0 aliphatic carbocycles. The molecular formula is C17H23N3O. The second kappa shape index (κ2) is 5.53. The van der Waals surface area contributed by atoms with Gasteiger partial charge in [-0.15, -0.1) is 0 Å². The summed E-state index contributed by atoms with van der Waals surface area (Å²) in [6.07, 6.45) is 3.18. The van der Waals surface area contributed by atoms with Crippen LogP contribution in [0.2, 0.25) is 0 Å². The molecule has 0 fully saturated rings. The molecule has 4 heteroatoms. The highest BCUT2D eigenvalue weighted by atomic mass is 16.5. The van der Waals surface area contributed by atoms with E-state index in [1.54, 1.807) is 0 Å². The molecule has 2 heterocycles. The van der Waals surface area contributed by atoms with E-state index in [0.717, 1.165) is 31.0 Å². The van der Waals surface area contributed by atoms with Crippen molar-refractivity contribution in [2.45, 2.75) is 51.9 Å². The second-order valence-corrected chi connectivity index (χ2v) is 6.68. The Hall–Kier alpha value is -1.81. The largest absolute Gasteiger partial charge is 0.488 e. The summed E-state index contributed by atoms with van der Waals surface area (Å²) in [5.41, 5.74) is 2.48. The lowest BCUT2D eigenvalue weighted by Gasteiger charge is -2.19. The monoisotopic (exact) mass is 285 g/mol. The van der Waals surface area contributed by atoms with Gasteiger partial charge in [0.1, 0.15) is 11.9 Å². The first-order chi connectivity index (χ1) is 9.99. The van der Waals surface area contributed by atoms with Crippen molar-refractivity contribution in [1.29, 1.82) is 0 Å². The van der Waals surface area contributed by atoms with Crippen molar-refractivity contribution < 1.29 is 4.74 Å². The van der Waals surface area contributed by atoms with Gasteiger partial charge in [-0.25, -0.2) is 0 Å². The fourth-order valence-electron chi connectivity index (χ4n) is 2.52. The third-order valence-corrected chi connectivity index (χ3v) is 3.60. The van der Waals surface area contributed by atoms with Crippen LogP contribution in [0, 0.1) is 0 Å². The summed E-state index contributed by atoms with van der Waals surface area (Å²) < 4.78 is 7.94. The van der Waals surface area contributed by atoms with Crippen molar-refractivity contribution in [2.75, 3.05) is 0 Å². The Labute approximate surface area is 126 Å². The van der Waals surface area contributed by atoms with Gasteiger partial charge in [0, 0.05) is 24.7 Å². The molecule has 0 saturated heterocycles. The van der Waals surface area contributed by atoms with Gasteiger partial charge in [-0.3, -0.25) is 4.68 Å². The molecule has 0 saturated carbocycles.